The van der Waals surface area contributed by atoms with E-state index in [1.807, 2.05) is 36.4 Å². The molecule has 1 N–H and O–H groups in total. The number of nitrogens with one attached hydrogen (secondary N) is 1. The Balaban J connectivity index is 1.60. The normalized spacial score (nSPS) is 14.2. The highest BCUT2D eigenvalue weighted by molar-refractivity contribution is 6.10. The second-order valence-corrected chi connectivity index (χ2v) is 7.79. The molecule has 2 aromatic heterocycles. The van der Waals surface area contributed by atoms with Crippen LogP contribution in [0, 0.1) is 0 Å². The maximum absolute atomic E-state index is 13.5. The van der Waals surface area contributed by atoms with Gasteiger partial charge in [0, 0.05) is 17.2 Å². The number of aromatic nitrogens is 2. The SMILES string of the molecule is COC(=O)[C@@H](NC(=O)c1cc(C2CC2)nc2onc(-c3ccccc3)c12)c1ccccc1. The topological polar surface area (TPSA) is 94.3 Å². The van der Waals surface area contributed by atoms with Gasteiger partial charge in [-0.05, 0) is 24.5 Å². The number of pyridine rings is 1. The largest absolute Gasteiger partial charge is 0.467 e. The van der Waals surface area contributed by atoms with E-state index in [2.05, 4.69) is 15.5 Å². The molecule has 4 aromatic rings. The van der Waals surface area contributed by atoms with E-state index in [1.54, 1.807) is 30.3 Å². The van der Waals surface area contributed by atoms with Gasteiger partial charge in [0.2, 0.25) is 0 Å². The summed E-state index contributed by atoms with van der Waals surface area (Å²) < 4.78 is 10.5. The highest BCUT2D eigenvalue weighted by atomic mass is 16.5. The number of rotatable bonds is 6. The zero-order chi connectivity index (χ0) is 22.1. The summed E-state index contributed by atoms with van der Waals surface area (Å²) in [6, 6.07) is 19.3. The number of fused-ring (bicyclic) bond motifs is 1. The molecule has 2 aromatic carbocycles. The number of hydrogen-bond acceptors (Lipinski definition) is 6. The lowest BCUT2D eigenvalue weighted by Gasteiger charge is -2.17. The molecule has 7 heteroatoms. The van der Waals surface area contributed by atoms with Crippen LogP contribution in [0.5, 0.6) is 0 Å². The van der Waals surface area contributed by atoms with Crippen LogP contribution in [0.15, 0.2) is 71.3 Å². The molecule has 1 aliphatic carbocycles. The first kappa shape index (κ1) is 19.9. The minimum Gasteiger partial charge on any atom is -0.467 e. The molecule has 0 spiro atoms. The number of esters is 1. The fourth-order valence-corrected chi connectivity index (χ4v) is 3.78. The summed E-state index contributed by atoms with van der Waals surface area (Å²) >= 11 is 0. The molecule has 1 amide bonds. The van der Waals surface area contributed by atoms with Crippen LogP contribution in [-0.2, 0) is 9.53 Å². The molecule has 1 atom stereocenters. The number of carbonyl (C=O) groups is 2. The van der Waals surface area contributed by atoms with E-state index in [0.29, 0.717) is 33.8 Å². The lowest BCUT2D eigenvalue weighted by atomic mass is 10.0. The van der Waals surface area contributed by atoms with Crippen LogP contribution < -0.4 is 5.32 Å². The number of benzene rings is 2. The van der Waals surface area contributed by atoms with E-state index in [-0.39, 0.29) is 0 Å². The van der Waals surface area contributed by atoms with Crippen LogP contribution in [0.2, 0.25) is 0 Å². The molecule has 5 rings (SSSR count). The Kier molecular flexibility index (Phi) is 5.15. The number of carbonyl (C=O) groups excluding carboxylic acids is 2. The van der Waals surface area contributed by atoms with E-state index in [0.717, 1.165) is 24.1 Å². The van der Waals surface area contributed by atoms with Gasteiger partial charge >= 0.3 is 5.97 Å². The van der Waals surface area contributed by atoms with Crippen LogP contribution in [0.25, 0.3) is 22.4 Å². The van der Waals surface area contributed by atoms with Crippen molar-refractivity contribution in [3.05, 3.63) is 83.6 Å². The van der Waals surface area contributed by atoms with E-state index in [4.69, 9.17) is 9.26 Å². The van der Waals surface area contributed by atoms with Gasteiger partial charge in [0.05, 0.1) is 18.1 Å². The summed E-state index contributed by atoms with van der Waals surface area (Å²) in [5, 5.41) is 7.57. The molecule has 32 heavy (non-hydrogen) atoms. The monoisotopic (exact) mass is 427 g/mol. The Hall–Kier alpha value is -4.00. The number of nitrogens with zero attached hydrogens (tertiary/aromatic N) is 2. The Morgan fingerprint density at radius 1 is 1.06 bits per heavy atom. The predicted molar refractivity (Wildman–Crippen MR) is 118 cm³/mol. The van der Waals surface area contributed by atoms with Crippen molar-refractivity contribution in [2.75, 3.05) is 7.11 Å². The number of methoxy groups -OCH3 is 1. The van der Waals surface area contributed by atoms with Crippen molar-refractivity contribution in [2.24, 2.45) is 0 Å². The van der Waals surface area contributed by atoms with Crippen molar-refractivity contribution in [2.45, 2.75) is 24.8 Å². The molecule has 160 valence electrons. The second kappa shape index (κ2) is 8.26. The molecule has 0 unspecified atom stereocenters. The maximum Gasteiger partial charge on any atom is 0.333 e. The molecule has 1 saturated carbocycles. The van der Waals surface area contributed by atoms with Gasteiger partial charge in [0.1, 0.15) is 5.69 Å². The third-order valence-electron chi connectivity index (χ3n) is 5.60. The average Bonchev–Trinajstić information content (AvgIpc) is 3.61. The molecule has 0 aliphatic heterocycles. The highest BCUT2D eigenvalue weighted by Crippen LogP contribution is 2.41. The standard InChI is InChI=1S/C25H21N3O4/c1-31-25(30)22(17-10-6-3-7-11-17)27-23(29)18-14-19(15-12-13-15)26-24-20(18)21(28-32-24)16-8-4-2-5-9-16/h2-11,14-15,22H,12-13H2,1H3,(H,27,29)/t22-/m0/s1. The average molecular weight is 427 g/mol. The van der Waals surface area contributed by atoms with Gasteiger partial charge in [-0.3, -0.25) is 4.79 Å². The maximum atomic E-state index is 13.5. The zero-order valence-corrected chi connectivity index (χ0v) is 17.4. The fraction of sp³-hybridized carbons (Fsp3) is 0.200. The molecular weight excluding hydrogens is 406 g/mol. The second-order valence-electron chi connectivity index (χ2n) is 7.79. The number of ether oxygens (including phenoxy) is 1. The Labute approximate surface area is 184 Å². The minimum absolute atomic E-state index is 0.307. The summed E-state index contributed by atoms with van der Waals surface area (Å²) in [6.45, 7) is 0. The lowest BCUT2D eigenvalue weighted by molar-refractivity contribution is -0.143. The van der Waals surface area contributed by atoms with E-state index in [1.165, 1.54) is 7.11 Å². The predicted octanol–water partition coefficient (Wildman–Crippen LogP) is 4.41. The first-order valence-electron chi connectivity index (χ1n) is 10.4. The summed E-state index contributed by atoms with van der Waals surface area (Å²) in [5.41, 5.74) is 3.47. The van der Waals surface area contributed by atoms with Gasteiger partial charge in [-0.25, -0.2) is 9.78 Å². The molecular formula is C25H21N3O4. The van der Waals surface area contributed by atoms with E-state index in [9.17, 15) is 9.59 Å². The first-order valence-corrected chi connectivity index (χ1v) is 10.4. The van der Waals surface area contributed by atoms with Gasteiger partial charge in [-0.2, -0.15) is 0 Å². The third kappa shape index (κ3) is 3.73. The molecule has 0 saturated heterocycles. The van der Waals surface area contributed by atoms with Crippen molar-refractivity contribution < 1.29 is 18.8 Å². The zero-order valence-electron chi connectivity index (χ0n) is 17.4. The smallest absolute Gasteiger partial charge is 0.333 e. The third-order valence-corrected chi connectivity index (χ3v) is 5.60. The number of amides is 1. The quantitative estimate of drug-likeness (QED) is 0.458. The van der Waals surface area contributed by atoms with Crippen molar-refractivity contribution in [3.63, 3.8) is 0 Å². The van der Waals surface area contributed by atoms with Crippen molar-refractivity contribution in [1.29, 1.82) is 0 Å². The molecule has 2 heterocycles. The van der Waals surface area contributed by atoms with Crippen LogP contribution in [0.4, 0.5) is 0 Å². The number of hydrogen-bond donors (Lipinski definition) is 1. The minimum atomic E-state index is -0.943. The molecule has 1 aliphatic rings. The van der Waals surface area contributed by atoms with Gasteiger partial charge < -0.3 is 14.6 Å². The summed E-state index contributed by atoms with van der Waals surface area (Å²) in [4.78, 5) is 30.6. The Bertz CT molecular complexity index is 1280. The first-order chi connectivity index (χ1) is 15.7. The molecule has 0 radical (unpaired) electrons. The molecule has 0 bridgehead atoms. The van der Waals surface area contributed by atoms with Gasteiger partial charge in [0.25, 0.3) is 11.6 Å². The summed E-state index contributed by atoms with van der Waals surface area (Å²) in [6.07, 6.45) is 2.04. The van der Waals surface area contributed by atoms with Gasteiger partial charge in [-0.1, -0.05) is 65.8 Å². The van der Waals surface area contributed by atoms with Crippen molar-refractivity contribution >= 4 is 23.0 Å². The van der Waals surface area contributed by atoms with Crippen LogP contribution in [0.1, 0.15) is 46.4 Å². The lowest BCUT2D eigenvalue weighted by Crippen LogP contribution is -2.34. The van der Waals surface area contributed by atoms with Crippen molar-refractivity contribution in [3.8, 4) is 11.3 Å². The van der Waals surface area contributed by atoms with Gasteiger partial charge in [0.15, 0.2) is 6.04 Å². The van der Waals surface area contributed by atoms with Crippen LogP contribution in [-0.4, -0.2) is 29.1 Å². The van der Waals surface area contributed by atoms with Crippen molar-refractivity contribution in [1.82, 2.24) is 15.5 Å². The van der Waals surface area contributed by atoms with E-state index < -0.39 is 17.9 Å². The van der Waals surface area contributed by atoms with Crippen LogP contribution in [0.3, 0.4) is 0 Å². The molecule has 1 fully saturated rings. The highest BCUT2D eigenvalue weighted by Gasteiger charge is 2.31. The Morgan fingerprint density at radius 3 is 2.41 bits per heavy atom. The summed E-state index contributed by atoms with van der Waals surface area (Å²) in [5.74, 6) is -0.661. The molecule has 7 nitrogen and oxygen atoms in total. The Morgan fingerprint density at radius 2 is 1.75 bits per heavy atom. The van der Waals surface area contributed by atoms with Gasteiger partial charge in [-0.15, -0.1) is 0 Å². The summed E-state index contributed by atoms with van der Waals surface area (Å²) in [7, 11) is 1.30. The van der Waals surface area contributed by atoms with Crippen LogP contribution >= 0.6 is 0 Å². The van der Waals surface area contributed by atoms with E-state index >= 15 is 0 Å². The fourth-order valence-electron chi connectivity index (χ4n) is 3.78.